The van der Waals surface area contributed by atoms with Gasteiger partial charge in [-0.25, -0.2) is 4.52 Å². The third-order valence-electron chi connectivity index (χ3n) is 5.45. The number of ether oxygens (including phenoxy) is 1. The van der Waals surface area contributed by atoms with E-state index in [9.17, 15) is 4.79 Å². The van der Waals surface area contributed by atoms with Crippen LogP contribution in [0.3, 0.4) is 0 Å². The molecule has 3 aliphatic rings. The number of hydrogen-bond donors (Lipinski definition) is 1. The number of anilines is 1. The van der Waals surface area contributed by atoms with Crippen LogP contribution in [0.15, 0.2) is 18.3 Å². The summed E-state index contributed by atoms with van der Waals surface area (Å²) in [5.41, 5.74) is 0.864. The highest BCUT2D eigenvalue weighted by Gasteiger charge is 2.48. The van der Waals surface area contributed by atoms with E-state index in [1.807, 2.05) is 25.3 Å². The standard InChI is InChI=1S/C17H21ClN4O2/c1-2-24-16(23)13-10-5-7-11(8-6-10)14(13)19-15-12-4-3-9-22(12)21-17(18)20-15/h3-4,9-11,13-14H,2,5-8H2,1H3,(H,19,20,21)/t10-,11+,13-,14-/m0/s1. The van der Waals surface area contributed by atoms with Crippen LogP contribution in [0.25, 0.3) is 5.52 Å². The van der Waals surface area contributed by atoms with E-state index in [-0.39, 0.29) is 23.2 Å². The lowest BCUT2D eigenvalue weighted by Gasteiger charge is -2.47. The smallest absolute Gasteiger partial charge is 0.311 e. The fraction of sp³-hybridized carbons (Fsp3) is 0.588. The maximum absolute atomic E-state index is 12.5. The topological polar surface area (TPSA) is 68.5 Å². The molecule has 128 valence electrons. The molecule has 2 atom stereocenters. The molecule has 2 heterocycles. The Kier molecular flexibility index (Phi) is 4.08. The number of nitrogens with zero attached hydrogens (tertiary/aromatic N) is 3. The Labute approximate surface area is 145 Å². The van der Waals surface area contributed by atoms with E-state index in [1.54, 1.807) is 4.52 Å². The zero-order chi connectivity index (χ0) is 16.7. The lowest BCUT2D eigenvalue weighted by molar-refractivity contribution is -0.154. The first-order chi connectivity index (χ1) is 11.7. The molecular formula is C17H21ClN4O2. The number of aromatic nitrogens is 3. The molecule has 3 aliphatic carbocycles. The summed E-state index contributed by atoms with van der Waals surface area (Å²) >= 11 is 6.05. The molecule has 2 bridgehead atoms. The third kappa shape index (κ3) is 2.62. The van der Waals surface area contributed by atoms with Gasteiger partial charge in [0.15, 0.2) is 5.82 Å². The SMILES string of the molecule is CCOC(=O)[C@H]1[C@H]2CC[C@H](CC2)[C@@H]1Nc1nc(Cl)nn2cccc12. The molecule has 0 spiro atoms. The van der Waals surface area contributed by atoms with Gasteiger partial charge in [-0.2, -0.15) is 4.98 Å². The van der Waals surface area contributed by atoms with Crippen LogP contribution in [0.2, 0.25) is 5.28 Å². The van der Waals surface area contributed by atoms with Crippen LogP contribution < -0.4 is 5.32 Å². The van der Waals surface area contributed by atoms with Crippen molar-refractivity contribution in [2.75, 3.05) is 11.9 Å². The van der Waals surface area contributed by atoms with Crippen LogP contribution >= 0.6 is 11.6 Å². The number of hydrogen-bond acceptors (Lipinski definition) is 5. The summed E-state index contributed by atoms with van der Waals surface area (Å²) in [5, 5.41) is 7.86. The maximum atomic E-state index is 12.5. The minimum absolute atomic E-state index is 0.0428. The summed E-state index contributed by atoms with van der Waals surface area (Å²) in [6, 6.07) is 3.89. The molecule has 0 radical (unpaired) electrons. The summed E-state index contributed by atoms with van der Waals surface area (Å²) in [6.07, 6.45) is 6.35. The molecule has 24 heavy (non-hydrogen) atoms. The highest BCUT2D eigenvalue weighted by Crippen LogP contribution is 2.46. The number of fused-ring (bicyclic) bond motifs is 4. The van der Waals surface area contributed by atoms with Crippen molar-refractivity contribution in [2.45, 2.75) is 38.6 Å². The van der Waals surface area contributed by atoms with Crippen molar-refractivity contribution < 1.29 is 9.53 Å². The second kappa shape index (κ2) is 6.24. The van der Waals surface area contributed by atoms with Gasteiger partial charge >= 0.3 is 5.97 Å². The molecule has 3 fully saturated rings. The summed E-state index contributed by atoms with van der Waals surface area (Å²) in [4.78, 5) is 16.9. The molecule has 0 amide bonds. The highest BCUT2D eigenvalue weighted by atomic mass is 35.5. The van der Waals surface area contributed by atoms with Gasteiger partial charge in [-0.15, -0.1) is 5.10 Å². The Morgan fingerprint density at radius 2 is 2.12 bits per heavy atom. The number of rotatable bonds is 4. The quantitative estimate of drug-likeness (QED) is 0.859. The van der Waals surface area contributed by atoms with Crippen molar-refractivity contribution in [3.8, 4) is 0 Å². The first-order valence-electron chi connectivity index (χ1n) is 8.61. The summed E-state index contributed by atoms with van der Waals surface area (Å²) in [5.74, 6) is 1.35. The van der Waals surface area contributed by atoms with Crippen molar-refractivity contribution in [1.29, 1.82) is 0 Å². The van der Waals surface area contributed by atoms with Gasteiger partial charge in [0, 0.05) is 12.2 Å². The van der Waals surface area contributed by atoms with Crippen molar-refractivity contribution >= 4 is 28.9 Å². The third-order valence-corrected chi connectivity index (χ3v) is 5.61. The van der Waals surface area contributed by atoms with Gasteiger partial charge in [0.25, 0.3) is 0 Å². The fourth-order valence-corrected chi connectivity index (χ4v) is 4.57. The zero-order valence-corrected chi connectivity index (χ0v) is 14.4. The molecule has 0 saturated heterocycles. The summed E-state index contributed by atoms with van der Waals surface area (Å²) in [6.45, 7) is 2.28. The van der Waals surface area contributed by atoms with Crippen molar-refractivity contribution in [3.63, 3.8) is 0 Å². The van der Waals surface area contributed by atoms with Crippen LogP contribution in [0.1, 0.15) is 32.6 Å². The van der Waals surface area contributed by atoms with E-state index in [0.717, 1.165) is 31.2 Å². The molecular weight excluding hydrogens is 328 g/mol. The van der Waals surface area contributed by atoms with Crippen LogP contribution in [0.5, 0.6) is 0 Å². The van der Waals surface area contributed by atoms with Gasteiger partial charge in [0.2, 0.25) is 5.28 Å². The molecule has 2 aromatic rings. The second-order valence-corrected chi connectivity index (χ2v) is 7.03. The Bertz CT molecular complexity index is 754. The Hall–Kier alpha value is -1.82. The lowest BCUT2D eigenvalue weighted by atomic mass is 9.61. The Morgan fingerprint density at radius 3 is 2.88 bits per heavy atom. The predicted molar refractivity (Wildman–Crippen MR) is 91.0 cm³/mol. The number of nitrogens with one attached hydrogen (secondary N) is 1. The van der Waals surface area contributed by atoms with Crippen molar-refractivity contribution in [2.24, 2.45) is 17.8 Å². The van der Waals surface area contributed by atoms with E-state index < -0.39 is 0 Å². The molecule has 0 aromatic carbocycles. The van der Waals surface area contributed by atoms with Gasteiger partial charge in [-0.3, -0.25) is 4.79 Å². The minimum atomic E-state index is -0.110. The van der Waals surface area contributed by atoms with Gasteiger partial charge < -0.3 is 10.1 Å². The molecule has 2 aromatic heterocycles. The van der Waals surface area contributed by atoms with Crippen molar-refractivity contribution in [1.82, 2.24) is 14.6 Å². The van der Waals surface area contributed by atoms with E-state index in [0.29, 0.717) is 24.3 Å². The fourth-order valence-electron chi connectivity index (χ4n) is 4.41. The number of carbonyl (C=O) groups is 1. The monoisotopic (exact) mass is 348 g/mol. The molecule has 0 aliphatic heterocycles. The van der Waals surface area contributed by atoms with Crippen LogP contribution in [-0.4, -0.2) is 33.2 Å². The second-order valence-electron chi connectivity index (χ2n) is 6.69. The molecule has 3 saturated carbocycles. The number of halogens is 1. The first-order valence-corrected chi connectivity index (χ1v) is 8.99. The largest absolute Gasteiger partial charge is 0.466 e. The van der Waals surface area contributed by atoms with Gasteiger partial charge in [-0.05, 0) is 68.2 Å². The highest BCUT2D eigenvalue weighted by molar-refractivity contribution is 6.28. The normalized spacial score (nSPS) is 28.9. The number of carbonyl (C=O) groups excluding carboxylic acids is 1. The molecule has 6 nitrogen and oxygen atoms in total. The maximum Gasteiger partial charge on any atom is 0.311 e. The average molecular weight is 349 g/mol. The summed E-state index contributed by atoms with van der Waals surface area (Å²) < 4.78 is 7.06. The zero-order valence-electron chi connectivity index (χ0n) is 13.6. The van der Waals surface area contributed by atoms with E-state index in [1.165, 1.54) is 0 Å². The van der Waals surface area contributed by atoms with E-state index in [4.69, 9.17) is 16.3 Å². The predicted octanol–water partition coefficient (Wildman–Crippen LogP) is 3.16. The Balaban J connectivity index is 1.67. The van der Waals surface area contributed by atoms with Crippen LogP contribution in [0.4, 0.5) is 5.82 Å². The van der Waals surface area contributed by atoms with E-state index >= 15 is 0 Å². The van der Waals surface area contributed by atoms with Crippen LogP contribution in [0, 0.1) is 17.8 Å². The van der Waals surface area contributed by atoms with Gasteiger partial charge in [-0.1, -0.05) is 0 Å². The molecule has 0 unspecified atom stereocenters. The Morgan fingerprint density at radius 1 is 1.38 bits per heavy atom. The summed E-state index contributed by atoms with van der Waals surface area (Å²) in [7, 11) is 0. The first kappa shape index (κ1) is 15.7. The van der Waals surface area contributed by atoms with Gasteiger partial charge in [0.1, 0.15) is 5.52 Å². The van der Waals surface area contributed by atoms with E-state index in [2.05, 4.69) is 15.4 Å². The number of esters is 1. The van der Waals surface area contributed by atoms with Crippen molar-refractivity contribution in [3.05, 3.63) is 23.6 Å². The minimum Gasteiger partial charge on any atom is -0.466 e. The lowest BCUT2D eigenvalue weighted by Crippen LogP contribution is -2.52. The average Bonchev–Trinajstić information content (AvgIpc) is 3.04. The van der Waals surface area contributed by atoms with Crippen LogP contribution in [-0.2, 0) is 9.53 Å². The molecule has 5 rings (SSSR count). The molecule has 1 N–H and O–H groups in total. The van der Waals surface area contributed by atoms with Gasteiger partial charge in [0.05, 0.1) is 12.5 Å². The molecule has 7 heteroatoms.